The fourth-order valence-electron chi connectivity index (χ4n) is 1.67. The first-order valence-corrected chi connectivity index (χ1v) is 6.06. The molecule has 0 aromatic heterocycles. The standard InChI is InChI=1S/C14H8ClF2NO3/c15-12-8(2-1-3-10(12)17)13(19)18-11-5-4-7(16)6-9(11)14(20)21/h1-6H,(H,18,19)(H,20,21). The number of carbonyl (C=O) groups excluding carboxylic acids is 1. The van der Waals surface area contributed by atoms with E-state index < -0.39 is 29.1 Å². The normalized spacial score (nSPS) is 10.2. The van der Waals surface area contributed by atoms with E-state index in [0.717, 1.165) is 24.3 Å². The third-order valence-electron chi connectivity index (χ3n) is 2.66. The van der Waals surface area contributed by atoms with Crippen molar-refractivity contribution in [2.45, 2.75) is 0 Å². The SMILES string of the molecule is O=C(O)c1cc(F)ccc1NC(=O)c1cccc(F)c1Cl. The van der Waals surface area contributed by atoms with Gasteiger partial charge < -0.3 is 10.4 Å². The van der Waals surface area contributed by atoms with E-state index in [0.29, 0.717) is 0 Å². The molecule has 0 radical (unpaired) electrons. The number of hydrogen-bond acceptors (Lipinski definition) is 2. The zero-order chi connectivity index (χ0) is 15.6. The largest absolute Gasteiger partial charge is 0.478 e. The summed E-state index contributed by atoms with van der Waals surface area (Å²) >= 11 is 5.67. The first kappa shape index (κ1) is 14.9. The third kappa shape index (κ3) is 3.17. The minimum Gasteiger partial charge on any atom is -0.478 e. The maximum Gasteiger partial charge on any atom is 0.337 e. The van der Waals surface area contributed by atoms with Crippen molar-refractivity contribution < 1.29 is 23.5 Å². The van der Waals surface area contributed by atoms with Crippen LogP contribution in [0.2, 0.25) is 5.02 Å². The van der Waals surface area contributed by atoms with Crippen LogP contribution in [0.15, 0.2) is 36.4 Å². The van der Waals surface area contributed by atoms with Crippen molar-refractivity contribution in [2.75, 3.05) is 5.32 Å². The maximum absolute atomic E-state index is 13.3. The minimum absolute atomic E-state index is 0.116. The lowest BCUT2D eigenvalue weighted by molar-refractivity contribution is 0.0697. The van der Waals surface area contributed by atoms with E-state index in [4.69, 9.17) is 16.7 Å². The zero-order valence-electron chi connectivity index (χ0n) is 10.4. The number of anilines is 1. The van der Waals surface area contributed by atoms with Crippen LogP contribution in [0.5, 0.6) is 0 Å². The van der Waals surface area contributed by atoms with Gasteiger partial charge in [0.2, 0.25) is 0 Å². The number of amides is 1. The van der Waals surface area contributed by atoms with Crippen molar-refractivity contribution in [1.82, 2.24) is 0 Å². The summed E-state index contributed by atoms with van der Waals surface area (Å²) in [5, 5.41) is 10.9. The van der Waals surface area contributed by atoms with Gasteiger partial charge in [0, 0.05) is 0 Å². The Morgan fingerprint density at radius 3 is 2.48 bits per heavy atom. The van der Waals surface area contributed by atoms with Crippen LogP contribution in [0.3, 0.4) is 0 Å². The van der Waals surface area contributed by atoms with Crippen LogP contribution in [0.4, 0.5) is 14.5 Å². The van der Waals surface area contributed by atoms with E-state index in [1.807, 2.05) is 0 Å². The summed E-state index contributed by atoms with van der Waals surface area (Å²) < 4.78 is 26.3. The number of aromatic carboxylic acids is 1. The highest BCUT2D eigenvalue weighted by molar-refractivity contribution is 6.34. The smallest absolute Gasteiger partial charge is 0.337 e. The number of hydrogen-bond donors (Lipinski definition) is 2. The molecule has 0 unspecified atom stereocenters. The Bertz CT molecular complexity index is 734. The van der Waals surface area contributed by atoms with Crippen molar-refractivity contribution in [3.05, 3.63) is 64.2 Å². The Morgan fingerprint density at radius 1 is 1.10 bits per heavy atom. The van der Waals surface area contributed by atoms with Crippen LogP contribution >= 0.6 is 11.6 Å². The van der Waals surface area contributed by atoms with E-state index >= 15 is 0 Å². The van der Waals surface area contributed by atoms with Gasteiger partial charge in [-0.05, 0) is 30.3 Å². The molecule has 7 heteroatoms. The summed E-state index contributed by atoms with van der Waals surface area (Å²) in [5.41, 5.74) is -0.692. The summed E-state index contributed by atoms with van der Waals surface area (Å²) in [6, 6.07) is 6.52. The highest BCUT2D eigenvalue weighted by atomic mass is 35.5. The van der Waals surface area contributed by atoms with Gasteiger partial charge in [0.25, 0.3) is 5.91 Å². The molecular formula is C14H8ClF2NO3. The van der Waals surface area contributed by atoms with E-state index in [2.05, 4.69) is 5.32 Å². The molecule has 2 aromatic rings. The number of halogens is 3. The maximum atomic E-state index is 13.3. The van der Waals surface area contributed by atoms with Gasteiger partial charge in [-0.25, -0.2) is 13.6 Å². The summed E-state index contributed by atoms with van der Waals surface area (Å²) in [6.45, 7) is 0. The van der Waals surface area contributed by atoms with E-state index in [9.17, 15) is 18.4 Å². The van der Waals surface area contributed by atoms with E-state index in [1.165, 1.54) is 12.1 Å². The second-order valence-electron chi connectivity index (χ2n) is 4.05. The molecule has 4 nitrogen and oxygen atoms in total. The van der Waals surface area contributed by atoms with Gasteiger partial charge in [0.05, 0.1) is 21.8 Å². The summed E-state index contributed by atoms with van der Waals surface area (Å²) in [5.74, 6) is -3.74. The van der Waals surface area contributed by atoms with Crippen LogP contribution in [-0.4, -0.2) is 17.0 Å². The molecule has 2 N–H and O–H groups in total. The molecule has 2 aromatic carbocycles. The molecule has 0 heterocycles. The van der Waals surface area contributed by atoms with Gasteiger partial charge in [-0.15, -0.1) is 0 Å². The molecule has 108 valence electrons. The Hall–Kier alpha value is -2.47. The molecule has 0 fully saturated rings. The van der Waals surface area contributed by atoms with Crippen LogP contribution in [-0.2, 0) is 0 Å². The van der Waals surface area contributed by atoms with Gasteiger partial charge in [0.1, 0.15) is 11.6 Å². The Balaban J connectivity index is 2.36. The van der Waals surface area contributed by atoms with Crippen LogP contribution < -0.4 is 5.32 Å². The average Bonchev–Trinajstić information content (AvgIpc) is 2.43. The van der Waals surface area contributed by atoms with Gasteiger partial charge >= 0.3 is 5.97 Å². The molecule has 1 amide bonds. The second kappa shape index (κ2) is 5.88. The number of carbonyl (C=O) groups is 2. The molecule has 2 rings (SSSR count). The predicted octanol–water partition coefficient (Wildman–Crippen LogP) is 3.57. The molecule has 21 heavy (non-hydrogen) atoms. The van der Waals surface area contributed by atoms with Crippen molar-refractivity contribution in [3.8, 4) is 0 Å². The monoisotopic (exact) mass is 311 g/mol. The summed E-state index contributed by atoms with van der Waals surface area (Å²) in [6.07, 6.45) is 0. The van der Waals surface area contributed by atoms with Crippen molar-refractivity contribution in [3.63, 3.8) is 0 Å². The van der Waals surface area contributed by atoms with Gasteiger partial charge in [0.15, 0.2) is 0 Å². The van der Waals surface area contributed by atoms with Crippen LogP contribution in [0.25, 0.3) is 0 Å². The first-order chi connectivity index (χ1) is 9.90. The molecule has 0 aliphatic rings. The highest BCUT2D eigenvalue weighted by Crippen LogP contribution is 2.23. The summed E-state index contributed by atoms with van der Waals surface area (Å²) in [7, 11) is 0. The lowest BCUT2D eigenvalue weighted by Crippen LogP contribution is -2.15. The molecule has 0 saturated heterocycles. The van der Waals surface area contributed by atoms with E-state index in [-0.39, 0.29) is 16.3 Å². The predicted molar refractivity (Wildman–Crippen MR) is 72.7 cm³/mol. The average molecular weight is 312 g/mol. The zero-order valence-corrected chi connectivity index (χ0v) is 11.1. The molecule has 0 atom stereocenters. The molecular weight excluding hydrogens is 304 g/mol. The van der Waals surface area contributed by atoms with Crippen LogP contribution in [0.1, 0.15) is 20.7 Å². The molecule has 0 saturated carbocycles. The van der Waals surface area contributed by atoms with Crippen molar-refractivity contribution >= 4 is 29.2 Å². The van der Waals surface area contributed by atoms with Gasteiger partial charge in [-0.1, -0.05) is 17.7 Å². The fraction of sp³-hybridized carbons (Fsp3) is 0. The highest BCUT2D eigenvalue weighted by Gasteiger charge is 2.17. The van der Waals surface area contributed by atoms with Gasteiger partial charge in [-0.2, -0.15) is 0 Å². The number of nitrogens with one attached hydrogen (secondary N) is 1. The Labute approximate surface area is 123 Å². The Kier molecular flexibility index (Phi) is 4.18. The number of carboxylic acids is 1. The van der Waals surface area contributed by atoms with Crippen LogP contribution in [0, 0.1) is 11.6 Å². The lowest BCUT2D eigenvalue weighted by Gasteiger charge is -2.09. The molecule has 0 aliphatic carbocycles. The Morgan fingerprint density at radius 2 is 1.81 bits per heavy atom. The number of carboxylic acid groups (broad SMARTS) is 1. The topological polar surface area (TPSA) is 66.4 Å². The second-order valence-corrected chi connectivity index (χ2v) is 4.43. The van der Waals surface area contributed by atoms with E-state index in [1.54, 1.807) is 0 Å². The molecule has 0 bridgehead atoms. The first-order valence-electron chi connectivity index (χ1n) is 5.68. The quantitative estimate of drug-likeness (QED) is 0.910. The molecule has 0 spiro atoms. The van der Waals surface area contributed by atoms with Crippen molar-refractivity contribution in [2.24, 2.45) is 0 Å². The minimum atomic E-state index is -1.41. The third-order valence-corrected chi connectivity index (χ3v) is 3.04. The summed E-state index contributed by atoms with van der Waals surface area (Å²) in [4.78, 5) is 23.0. The number of benzene rings is 2. The van der Waals surface area contributed by atoms with Crippen molar-refractivity contribution in [1.29, 1.82) is 0 Å². The lowest BCUT2D eigenvalue weighted by atomic mass is 10.1. The van der Waals surface area contributed by atoms with Gasteiger partial charge in [-0.3, -0.25) is 4.79 Å². The molecule has 0 aliphatic heterocycles. The fourth-order valence-corrected chi connectivity index (χ4v) is 1.88. The number of rotatable bonds is 3.